The molecule has 5 nitrogen and oxygen atoms in total. The molecule has 18 heavy (non-hydrogen) atoms. The van der Waals surface area contributed by atoms with Crippen LogP contribution in [0.1, 0.15) is 28.5 Å². The lowest BCUT2D eigenvalue weighted by Gasteiger charge is -2.08. The van der Waals surface area contributed by atoms with E-state index in [-0.39, 0.29) is 17.9 Å². The first-order valence-electron chi connectivity index (χ1n) is 5.67. The number of aromatic amines is 1. The molecule has 0 spiro atoms. The molecule has 0 bridgehead atoms. The molecule has 1 aromatic heterocycles. The highest BCUT2D eigenvalue weighted by molar-refractivity contribution is 5.92. The molecule has 0 unspecified atom stereocenters. The number of aromatic nitrogens is 2. The van der Waals surface area contributed by atoms with E-state index in [1.165, 1.54) is 0 Å². The Bertz CT molecular complexity index is 535. The number of imidazole rings is 1. The number of H-pyrrole nitrogens is 1. The third-order valence-corrected chi connectivity index (χ3v) is 2.55. The summed E-state index contributed by atoms with van der Waals surface area (Å²) in [5, 5.41) is 10.0. The molecule has 0 saturated heterocycles. The molecule has 0 aliphatic heterocycles. The van der Waals surface area contributed by atoms with Crippen molar-refractivity contribution in [3.8, 4) is 5.75 Å². The van der Waals surface area contributed by atoms with Gasteiger partial charge >= 0.3 is 5.97 Å². The monoisotopic (exact) mass is 246 g/mol. The van der Waals surface area contributed by atoms with E-state index in [0.717, 1.165) is 5.69 Å². The number of phenolic OH excluding ortho intramolecular Hbond substituents is 1. The molecule has 0 atom stereocenters. The van der Waals surface area contributed by atoms with Crippen LogP contribution in [-0.4, -0.2) is 27.7 Å². The predicted octanol–water partition coefficient (Wildman–Crippen LogP) is 1.88. The number of hydrogen-bond donors (Lipinski definition) is 2. The van der Waals surface area contributed by atoms with Crippen LogP contribution in [0, 0.1) is 0 Å². The molecule has 2 aromatic rings. The van der Waals surface area contributed by atoms with Crippen LogP contribution in [0.25, 0.3) is 0 Å². The number of ether oxygens (including phenoxy) is 1. The van der Waals surface area contributed by atoms with Gasteiger partial charge in [0.2, 0.25) is 0 Å². The van der Waals surface area contributed by atoms with E-state index in [2.05, 4.69) is 9.97 Å². The van der Waals surface area contributed by atoms with Crippen molar-refractivity contribution in [2.75, 3.05) is 6.61 Å². The normalized spacial score (nSPS) is 10.3. The van der Waals surface area contributed by atoms with Crippen LogP contribution < -0.4 is 0 Å². The summed E-state index contributed by atoms with van der Waals surface area (Å²) < 4.78 is 4.88. The first-order valence-corrected chi connectivity index (χ1v) is 5.67. The molecule has 0 aliphatic rings. The Balaban J connectivity index is 2.27. The number of rotatable bonds is 4. The van der Waals surface area contributed by atoms with Gasteiger partial charge in [0, 0.05) is 23.9 Å². The van der Waals surface area contributed by atoms with Gasteiger partial charge in [0.25, 0.3) is 0 Å². The van der Waals surface area contributed by atoms with Crippen molar-refractivity contribution in [1.29, 1.82) is 0 Å². The molecule has 2 N–H and O–H groups in total. The molecule has 5 heteroatoms. The van der Waals surface area contributed by atoms with Crippen molar-refractivity contribution in [2.45, 2.75) is 13.3 Å². The number of carbonyl (C=O) groups excluding carboxylic acids is 1. The van der Waals surface area contributed by atoms with Gasteiger partial charge in [0.05, 0.1) is 12.9 Å². The maximum absolute atomic E-state index is 11.6. The van der Waals surface area contributed by atoms with E-state index in [1.807, 2.05) is 0 Å². The molecule has 0 radical (unpaired) electrons. The van der Waals surface area contributed by atoms with Crippen LogP contribution >= 0.6 is 0 Å². The van der Waals surface area contributed by atoms with E-state index < -0.39 is 5.97 Å². The molecule has 0 aliphatic carbocycles. The minimum atomic E-state index is -0.513. The van der Waals surface area contributed by atoms with E-state index in [0.29, 0.717) is 12.0 Å². The molecule has 2 rings (SSSR count). The van der Waals surface area contributed by atoms with Crippen LogP contribution in [0.15, 0.2) is 30.7 Å². The van der Waals surface area contributed by atoms with Crippen LogP contribution in [0.4, 0.5) is 0 Å². The smallest absolute Gasteiger partial charge is 0.341 e. The third-order valence-electron chi connectivity index (χ3n) is 2.55. The van der Waals surface area contributed by atoms with Gasteiger partial charge in [0.15, 0.2) is 0 Å². The number of benzene rings is 1. The van der Waals surface area contributed by atoms with Gasteiger partial charge in [-0.1, -0.05) is 12.1 Å². The van der Waals surface area contributed by atoms with Crippen molar-refractivity contribution >= 4 is 5.97 Å². The first-order chi connectivity index (χ1) is 8.72. The van der Waals surface area contributed by atoms with Gasteiger partial charge in [-0.3, -0.25) is 0 Å². The third kappa shape index (κ3) is 2.51. The predicted molar refractivity (Wildman–Crippen MR) is 65.5 cm³/mol. The van der Waals surface area contributed by atoms with Crippen LogP contribution in [-0.2, 0) is 11.2 Å². The average molecular weight is 246 g/mol. The minimum Gasteiger partial charge on any atom is -0.507 e. The second kappa shape index (κ2) is 5.35. The van der Waals surface area contributed by atoms with Crippen LogP contribution in [0.2, 0.25) is 0 Å². The molecule has 0 fully saturated rings. The Morgan fingerprint density at radius 3 is 3.00 bits per heavy atom. The number of phenols is 1. The lowest BCUT2D eigenvalue weighted by molar-refractivity contribution is 0.0523. The first kappa shape index (κ1) is 12.2. The molecular formula is C13H14N2O3. The minimum absolute atomic E-state index is 0.0365. The number of nitrogens with zero attached hydrogens (tertiary/aromatic N) is 1. The van der Waals surface area contributed by atoms with Crippen LogP contribution in [0.5, 0.6) is 5.75 Å². The standard InChI is InChI=1S/C13H14N2O3/c1-2-18-13(17)11-5-3-4-9(12(11)16)6-10-7-14-8-15-10/h3-5,7-8,16H,2,6H2,1H3,(H,14,15). The van der Waals surface area contributed by atoms with Crippen molar-refractivity contribution in [1.82, 2.24) is 9.97 Å². The average Bonchev–Trinajstić information content (AvgIpc) is 2.85. The summed E-state index contributed by atoms with van der Waals surface area (Å²) in [6, 6.07) is 5.03. The molecular weight excluding hydrogens is 232 g/mol. The van der Waals surface area contributed by atoms with Crippen molar-refractivity contribution in [3.63, 3.8) is 0 Å². The van der Waals surface area contributed by atoms with Crippen molar-refractivity contribution in [3.05, 3.63) is 47.5 Å². The Hall–Kier alpha value is -2.30. The fraction of sp³-hybridized carbons (Fsp3) is 0.231. The maximum Gasteiger partial charge on any atom is 0.341 e. The van der Waals surface area contributed by atoms with Gasteiger partial charge in [-0.2, -0.15) is 0 Å². The SMILES string of the molecule is CCOC(=O)c1cccc(Cc2cnc[nH]2)c1O. The number of para-hydroxylation sites is 1. The number of aromatic hydroxyl groups is 1. The molecule has 1 heterocycles. The summed E-state index contributed by atoms with van der Waals surface area (Å²) in [7, 11) is 0. The Morgan fingerprint density at radius 1 is 1.50 bits per heavy atom. The Kier molecular flexibility index (Phi) is 3.62. The zero-order valence-corrected chi connectivity index (χ0v) is 10.0. The highest BCUT2D eigenvalue weighted by Gasteiger charge is 2.15. The quantitative estimate of drug-likeness (QED) is 0.808. The van der Waals surface area contributed by atoms with Gasteiger partial charge in [0.1, 0.15) is 11.3 Å². The van der Waals surface area contributed by atoms with Gasteiger partial charge in [-0.25, -0.2) is 9.78 Å². The van der Waals surface area contributed by atoms with Gasteiger partial charge < -0.3 is 14.8 Å². The second-order valence-electron chi connectivity index (χ2n) is 3.79. The summed E-state index contributed by atoms with van der Waals surface area (Å²) in [5.74, 6) is -0.549. The summed E-state index contributed by atoms with van der Waals surface area (Å²) in [6.45, 7) is 2.01. The molecule has 94 valence electrons. The van der Waals surface area contributed by atoms with Crippen molar-refractivity contribution in [2.24, 2.45) is 0 Å². The number of esters is 1. The fourth-order valence-electron chi connectivity index (χ4n) is 1.69. The van der Waals surface area contributed by atoms with Crippen LogP contribution in [0.3, 0.4) is 0 Å². The molecule has 0 amide bonds. The highest BCUT2D eigenvalue weighted by Crippen LogP contribution is 2.25. The van der Waals surface area contributed by atoms with E-state index in [9.17, 15) is 9.90 Å². The zero-order valence-electron chi connectivity index (χ0n) is 10.0. The second-order valence-corrected chi connectivity index (χ2v) is 3.79. The zero-order chi connectivity index (χ0) is 13.0. The number of nitrogens with one attached hydrogen (secondary N) is 1. The largest absolute Gasteiger partial charge is 0.507 e. The van der Waals surface area contributed by atoms with E-state index >= 15 is 0 Å². The summed E-state index contributed by atoms with van der Waals surface area (Å²) in [5.41, 5.74) is 1.71. The topological polar surface area (TPSA) is 75.2 Å². The van der Waals surface area contributed by atoms with E-state index in [1.54, 1.807) is 37.6 Å². The van der Waals surface area contributed by atoms with E-state index in [4.69, 9.17) is 4.74 Å². The lowest BCUT2D eigenvalue weighted by Crippen LogP contribution is -2.06. The maximum atomic E-state index is 11.6. The summed E-state index contributed by atoms with van der Waals surface area (Å²) in [4.78, 5) is 18.5. The Morgan fingerprint density at radius 2 is 2.33 bits per heavy atom. The Labute approximate surface area is 104 Å². The number of carbonyl (C=O) groups is 1. The van der Waals surface area contributed by atoms with Gasteiger partial charge in [-0.05, 0) is 13.0 Å². The lowest BCUT2D eigenvalue weighted by atomic mass is 10.0. The molecule has 1 aromatic carbocycles. The van der Waals surface area contributed by atoms with Gasteiger partial charge in [-0.15, -0.1) is 0 Å². The van der Waals surface area contributed by atoms with Crippen molar-refractivity contribution < 1.29 is 14.6 Å². The fourth-order valence-corrected chi connectivity index (χ4v) is 1.69. The number of hydrogen-bond acceptors (Lipinski definition) is 4. The summed E-state index contributed by atoms with van der Waals surface area (Å²) in [6.07, 6.45) is 3.73. The summed E-state index contributed by atoms with van der Waals surface area (Å²) >= 11 is 0. The molecule has 0 saturated carbocycles. The highest BCUT2D eigenvalue weighted by atomic mass is 16.5.